The van der Waals surface area contributed by atoms with Crippen LogP contribution in [-0.2, 0) is 20.6 Å². The lowest BCUT2D eigenvalue weighted by atomic mass is 9.81. The summed E-state index contributed by atoms with van der Waals surface area (Å²) >= 11 is 1.11. The smallest absolute Gasteiger partial charge is 0.424 e. The Morgan fingerprint density at radius 3 is 2.47 bits per heavy atom. The third kappa shape index (κ3) is 5.46. The van der Waals surface area contributed by atoms with E-state index in [1.54, 1.807) is 0 Å². The van der Waals surface area contributed by atoms with Crippen molar-refractivity contribution < 1.29 is 41.8 Å². The van der Waals surface area contributed by atoms with Crippen molar-refractivity contribution in [3.8, 4) is 17.0 Å². The van der Waals surface area contributed by atoms with Gasteiger partial charge in [-0.25, -0.2) is 14.4 Å². The summed E-state index contributed by atoms with van der Waals surface area (Å²) in [7, 11) is 0. The van der Waals surface area contributed by atoms with E-state index in [1.165, 1.54) is 37.3 Å². The molecule has 0 unspecified atom stereocenters. The van der Waals surface area contributed by atoms with Crippen LogP contribution in [0.5, 0.6) is 5.75 Å². The molecule has 3 heterocycles. The third-order valence-corrected chi connectivity index (χ3v) is 8.89. The van der Waals surface area contributed by atoms with Gasteiger partial charge < -0.3 is 26.2 Å². The Morgan fingerprint density at radius 1 is 1.11 bits per heavy atom. The molecule has 6 rings (SSSR count). The number of carbonyl (C=O) groups is 3. The maximum absolute atomic E-state index is 14.7. The number of carbonyl (C=O) groups excluding carboxylic acids is 3. The van der Waals surface area contributed by atoms with Gasteiger partial charge in [0.2, 0.25) is 17.4 Å². The maximum Gasteiger partial charge on any atom is 0.424 e. The zero-order valence-electron chi connectivity index (χ0n) is 23.5. The van der Waals surface area contributed by atoms with Gasteiger partial charge in [0.05, 0.1) is 22.5 Å². The molecule has 3 amide bonds. The standard InChI is InChI=1S/C30H25F4N5O5S/c1-28(26(35)42)13-44-23-18(28)11-21(38-22(23)14-4-7-17(31)8-5-14)29(43,30(32,33)34)12-36-24(40)16-6-9-19-20(10-16)45-27(37-19)39-25(41)15-2-3-15/h4-11,15,43H,2-3,12-13H2,1H3,(H2,35,42)(H,36,40)(H,37,39,41)/t28-,29-/m0/s1. The second kappa shape index (κ2) is 10.8. The number of nitrogens with two attached hydrogens (primary N) is 1. The predicted molar refractivity (Wildman–Crippen MR) is 155 cm³/mol. The first-order chi connectivity index (χ1) is 21.2. The Morgan fingerprint density at radius 2 is 1.82 bits per heavy atom. The molecule has 234 valence electrons. The van der Waals surface area contributed by atoms with Crippen LogP contribution in [0, 0.1) is 11.7 Å². The highest BCUT2D eigenvalue weighted by Gasteiger charge is 2.57. The van der Waals surface area contributed by atoms with Crippen molar-refractivity contribution in [2.75, 3.05) is 18.5 Å². The molecule has 2 aromatic heterocycles. The average molecular weight is 644 g/mol. The summed E-state index contributed by atoms with van der Waals surface area (Å²) < 4.78 is 63.8. The minimum atomic E-state index is -5.36. The lowest BCUT2D eigenvalue weighted by molar-refractivity contribution is -0.265. The van der Waals surface area contributed by atoms with E-state index < -0.39 is 47.1 Å². The molecule has 0 saturated heterocycles. The molecule has 1 saturated carbocycles. The van der Waals surface area contributed by atoms with Gasteiger partial charge in [0.1, 0.15) is 29.3 Å². The summed E-state index contributed by atoms with van der Waals surface area (Å²) in [4.78, 5) is 45.9. The van der Waals surface area contributed by atoms with Crippen LogP contribution in [0.2, 0.25) is 0 Å². The highest BCUT2D eigenvalue weighted by Crippen LogP contribution is 2.47. The van der Waals surface area contributed by atoms with Gasteiger partial charge in [-0.15, -0.1) is 0 Å². The van der Waals surface area contributed by atoms with Crippen LogP contribution in [0.4, 0.5) is 22.7 Å². The molecule has 1 aliphatic heterocycles. The van der Waals surface area contributed by atoms with Gasteiger partial charge in [-0.3, -0.25) is 14.4 Å². The molecule has 10 nitrogen and oxygen atoms in total. The van der Waals surface area contributed by atoms with Gasteiger partial charge >= 0.3 is 6.18 Å². The third-order valence-electron chi connectivity index (χ3n) is 7.96. The zero-order chi connectivity index (χ0) is 32.3. The number of alkyl halides is 3. The number of pyridine rings is 1. The average Bonchev–Trinajstić information content (AvgIpc) is 3.69. The number of thiazole rings is 1. The number of ether oxygens (including phenoxy) is 1. The molecule has 1 aliphatic carbocycles. The van der Waals surface area contributed by atoms with Crippen LogP contribution < -0.4 is 21.1 Å². The van der Waals surface area contributed by atoms with Crippen LogP contribution in [0.1, 0.15) is 41.4 Å². The minimum Gasteiger partial charge on any atom is -0.489 e. The van der Waals surface area contributed by atoms with E-state index in [9.17, 15) is 37.1 Å². The molecule has 1 fully saturated rings. The van der Waals surface area contributed by atoms with E-state index >= 15 is 0 Å². The van der Waals surface area contributed by atoms with Gasteiger partial charge in [-0.05, 0) is 68.3 Å². The summed E-state index contributed by atoms with van der Waals surface area (Å²) in [6.45, 7) is -0.266. The molecule has 5 N–H and O–H groups in total. The Kier molecular flexibility index (Phi) is 7.27. The largest absolute Gasteiger partial charge is 0.489 e. The number of halogens is 4. The number of benzene rings is 2. The Bertz CT molecular complexity index is 1860. The first kappa shape index (κ1) is 30.4. The van der Waals surface area contributed by atoms with Crippen LogP contribution in [0.15, 0.2) is 48.5 Å². The van der Waals surface area contributed by atoms with Crippen molar-refractivity contribution in [2.24, 2.45) is 11.7 Å². The number of hydrogen-bond donors (Lipinski definition) is 4. The van der Waals surface area contributed by atoms with Crippen molar-refractivity contribution >= 4 is 44.4 Å². The maximum atomic E-state index is 14.7. The van der Waals surface area contributed by atoms with Crippen molar-refractivity contribution in [3.05, 3.63) is 71.2 Å². The number of primary amides is 1. The van der Waals surface area contributed by atoms with Crippen molar-refractivity contribution in [1.29, 1.82) is 0 Å². The van der Waals surface area contributed by atoms with Gasteiger partial charge in [-0.2, -0.15) is 13.2 Å². The quantitative estimate of drug-likeness (QED) is 0.210. The highest BCUT2D eigenvalue weighted by molar-refractivity contribution is 7.22. The number of rotatable bonds is 8. The summed E-state index contributed by atoms with van der Waals surface area (Å²) in [5, 5.41) is 16.4. The van der Waals surface area contributed by atoms with Crippen LogP contribution in [0.25, 0.3) is 21.5 Å². The zero-order valence-corrected chi connectivity index (χ0v) is 24.3. The van der Waals surface area contributed by atoms with E-state index in [0.717, 1.165) is 42.4 Å². The van der Waals surface area contributed by atoms with Gasteiger partial charge in [-0.1, -0.05) is 11.3 Å². The monoisotopic (exact) mass is 643 g/mol. The van der Waals surface area contributed by atoms with Gasteiger partial charge in [0.15, 0.2) is 5.13 Å². The SMILES string of the molecule is C[C@]1(C(N)=O)COc2c1cc([C@@](O)(CNC(=O)c1ccc3nc(NC(=O)C4CC4)sc3c1)C(F)(F)F)nc2-c1ccc(F)cc1. The van der Waals surface area contributed by atoms with E-state index in [-0.39, 0.29) is 46.6 Å². The first-order valence-electron chi connectivity index (χ1n) is 13.7. The van der Waals surface area contributed by atoms with Crippen molar-refractivity contribution in [3.63, 3.8) is 0 Å². The van der Waals surface area contributed by atoms with Gasteiger partial charge in [0.25, 0.3) is 5.91 Å². The van der Waals surface area contributed by atoms with Crippen molar-refractivity contribution in [2.45, 2.75) is 37.0 Å². The molecule has 0 radical (unpaired) electrons. The van der Waals surface area contributed by atoms with Crippen molar-refractivity contribution in [1.82, 2.24) is 15.3 Å². The molecule has 2 atom stereocenters. The first-order valence-corrected chi connectivity index (χ1v) is 14.5. The van der Waals surface area contributed by atoms with E-state index in [4.69, 9.17) is 10.5 Å². The topological polar surface area (TPSA) is 157 Å². The molecular weight excluding hydrogens is 618 g/mol. The lowest BCUT2D eigenvalue weighted by Crippen LogP contribution is -2.51. The Labute approximate surface area is 256 Å². The fraction of sp³-hybridized carbons (Fsp3) is 0.300. The number of aromatic nitrogens is 2. The molecule has 0 spiro atoms. The number of anilines is 1. The minimum absolute atomic E-state index is 0.0145. The summed E-state index contributed by atoms with van der Waals surface area (Å²) in [6, 6.07) is 9.81. The van der Waals surface area contributed by atoms with Crippen LogP contribution in [0.3, 0.4) is 0 Å². The number of nitrogens with zero attached hydrogens (tertiary/aromatic N) is 2. The van der Waals surface area contributed by atoms with Crippen LogP contribution >= 0.6 is 11.3 Å². The Hall–Kier alpha value is -4.63. The Balaban J connectivity index is 1.33. The normalized spacial score (nSPS) is 19.0. The number of nitrogens with one attached hydrogen (secondary N) is 2. The predicted octanol–water partition coefficient (Wildman–Crippen LogP) is 4.16. The summed E-state index contributed by atoms with van der Waals surface area (Å²) in [5.41, 5.74) is -0.255. The number of aliphatic hydroxyl groups is 1. The number of hydrogen-bond acceptors (Lipinski definition) is 8. The highest BCUT2D eigenvalue weighted by atomic mass is 32.1. The fourth-order valence-electron chi connectivity index (χ4n) is 4.92. The van der Waals surface area contributed by atoms with E-state index in [2.05, 4.69) is 20.6 Å². The molecule has 0 bridgehead atoms. The second-order valence-corrected chi connectivity index (χ2v) is 12.3. The molecule has 2 aliphatic rings. The van der Waals surface area contributed by atoms with Crippen LogP contribution in [-0.4, -0.2) is 52.1 Å². The fourth-order valence-corrected chi connectivity index (χ4v) is 5.83. The molecule has 2 aromatic carbocycles. The van der Waals surface area contributed by atoms with Gasteiger partial charge in [0, 0.05) is 22.6 Å². The lowest BCUT2D eigenvalue weighted by Gasteiger charge is -2.31. The molecule has 15 heteroatoms. The number of fused-ring (bicyclic) bond motifs is 2. The molecular formula is C30H25F4N5O5S. The molecule has 45 heavy (non-hydrogen) atoms. The second-order valence-electron chi connectivity index (χ2n) is 11.2. The molecule has 4 aromatic rings. The number of amides is 3. The van der Waals surface area contributed by atoms with E-state index in [1.807, 2.05) is 0 Å². The summed E-state index contributed by atoms with van der Waals surface area (Å²) in [6.07, 6.45) is -3.75. The van der Waals surface area contributed by atoms with E-state index in [0.29, 0.717) is 15.3 Å². The summed E-state index contributed by atoms with van der Waals surface area (Å²) in [5.74, 6) is -2.66.